The Kier molecular flexibility index (Phi) is 13.1. The van der Waals surface area contributed by atoms with Crippen LogP contribution in [0, 0.1) is 0 Å². The van der Waals surface area contributed by atoms with Crippen LogP contribution >= 0.6 is 0 Å². The maximum Gasteiger partial charge on any atom is 0.410 e. The number of ether oxygens (including phenoxy) is 1. The van der Waals surface area contributed by atoms with Crippen molar-refractivity contribution in [3.05, 3.63) is 137 Å². The molecular formula is C38H48N4O3. The Bertz CT molecular complexity index is 1370. The van der Waals surface area contributed by atoms with Gasteiger partial charge < -0.3 is 14.7 Å². The quantitative estimate of drug-likeness (QED) is 0.149. The van der Waals surface area contributed by atoms with Gasteiger partial charge in [0.2, 0.25) is 0 Å². The first-order valence-electron chi connectivity index (χ1n) is 15.9. The maximum absolute atomic E-state index is 13.0. The smallest absolute Gasteiger partial charge is 0.410 e. The number of aliphatic hydroxyl groups excluding tert-OH is 1. The fourth-order valence-corrected chi connectivity index (χ4v) is 5.21. The molecule has 1 aromatic heterocycles. The summed E-state index contributed by atoms with van der Waals surface area (Å²) in [6.45, 7) is 11.0. The summed E-state index contributed by atoms with van der Waals surface area (Å²) in [5, 5.41) is 9.45. The van der Waals surface area contributed by atoms with E-state index in [4.69, 9.17) is 9.72 Å². The number of nitrogens with zero attached hydrogens (tertiary/aromatic N) is 4. The molecule has 238 valence electrons. The molecule has 0 fully saturated rings. The van der Waals surface area contributed by atoms with Crippen LogP contribution < -0.4 is 0 Å². The molecule has 0 saturated heterocycles. The van der Waals surface area contributed by atoms with E-state index in [0.29, 0.717) is 32.6 Å². The molecule has 0 aliphatic heterocycles. The number of aromatic nitrogens is 1. The van der Waals surface area contributed by atoms with E-state index in [1.807, 2.05) is 26.8 Å². The number of benzene rings is 3. The second-order valence-electron chi connectivity index (χ2n) is 12.5. The lowest BCUT2D eigenvalue weighted by Crippen LogP contribution is -2.42. The van der Waals surface area contributed by atoms with E-state index in [9.17, 15) is 9.90 Å². The van der Waals surface area contributed by atoms with Crippen molar-refractivity contribution < 1.29 is 14.6 Å². The van der Waals surface area contributed by atoms with Crippen molar-refractivity contribution in [1.29, 1.82) is 0 Å². The van der Waals surface area contributed by atoms with Gasteiger partial charge >= 0.3 is 6.09 Å². The predicted octanol–water partition coefficient (Wildman–Crippen LogP) is 6.91. The van der Waals surface area contributed by atoms with Gasteiger partial charge in [0, 0.05) is 59.0 Å². The zero-order valence-electron chi connectivity index (χ0n) is 27.0. The monoisotopic (exact) mass is 608 g/mol. The highest BCUT2D eigenvalue weighted by Crippen LogP contribution is 2.16. The Morgan fingerprint density at radius 3 is 1.56 bits per heavy atom. The van der Waals surface area contributed by atoms with Crippen LogP contribution in [0.15, 0.2) is 109 Å². The molecule has 0 aliphatic rings. The summed E-state index contributed by atoms with van der Waals surface area (Å²) in [6, 6.07) is 37.8. The van der Waals surface area contributed by atoms with Gasteiger partial charge in [0.1, 0.15) is 5.60 Å². The van der Waals surface area contributed by atoms with Crippen LogP contribution in [-0.2, 0) is 37.5 Å². The number of amides is 1. The molecule has 1 N–H and O–H groups in total. The minimum atomic E-state index is -0.586. The molecule has 4 rings (SSSR count). The molecule has 3 aromatic carbocycles. The van der Waals surface area contributed by atoms with Gasteiger partial charge in [-0.25, -0.2) is 4.79 Å². The fraction of sp³-hybridized carbons (Fsp3) is 0.368. The van der Waals surface area contributed by atoms with Crippen LogP contribution in [0.1, 0.15) is 55.3 Å². The standard InChI is InChI=1S/C38H48N4O3/c1-38(2,3)45-37(44)42(23-14-26-43)25-24-40(27-32-15-7-4-8-16-32)30-35-21-13-22-36(39-35)31-41(28-33-17-9-5-10-18-33)29-34-19-11-6-12-20-34/h4-13,15-22,43H,14,23-31H2,1-3H3. The number of hydrogen-bond acceptors (Lipinski definition) is 6. The molecular weight excluding hydrogens is 560 g/mol. The number of pyridine rings is 1. The van der Waals surface area contributed by atoms with Crippen LogP contribution in [0.25, 0.3) is 0 Å². The van der Waals surface area contributed by atoms with E-state index in [1.165, 1.54) is 16.7 Å². The molecule has 0 unspecified atom stereocenters. The second kappa shape index (κ2) is 17.4. The van der Waals surface area contributed by atoms with Gasteiger partial charge in [0.25, 0.3) is 0 Å². The lowest BCUT2D eigenvalue weighted by atomic mass is 10.1. The van der Waals surface area contributed by atoms with Crippen LogP contribution in [0.2, 0.25) is 0 Å². The number of hydrogen-bond donors (Lipinski definition) is 1. The first-order chi connectivity index (χ1) is 21.8. The molecule has 1 amide bonds. The molecule has 0 saturated carbocycles. The molecule has 0 spiro atoms. The summed E-state index contributed by atoms with van der Waals surface area (Å²) < 4.78 is 5.67. The first kappa shape index (κ1) is 33.8. The van der Waals surface area contributed by atoms with Gasteiger partial charge in [0.15, 0.2) is 0 Å². The highest BCUT2D eigenvalue weighted by atomic mass is 16.6. The number of aliphatic hydroxyl groups is 1. The number of rotatable bonds is 16. The molecule has 0 bridgehead atoms. The molecule has 45 heavy (non-hydrogen) atoms. The summed E-state index contributed by atoms with van der Waals surface area (Å²) in [5.41, 5.74) is 5.17. The van der Waals surface area contributed by atoms with Crippen molar-refractivity contribution in [3.63, 3.8) is 0 Å². The van der Waals surface area contributed by atoms with E-state index in [1.54, 1.807) is 4.90 Å². The lowest BCUT2D eigenvalue weighted by molar-refractivity contribution is 0.0219. The van der Waals surface area contributed by atoms with E-state index in [2.05, 4.69) is 113 Å². The first-order valence-corrected chi connectivity index (χ1v) is 15.9. The van der Waals surface area contributed by atoms with Crippen molar-refractivity contribution in [2.24, 2.45) is 0 Å². The maximum atomic E-state index is 13.0. The summed E-state index contributed by atoms with van der Waals surface area (Å²) in [7, 11) is 0. The van der Waals surface area contributed by atoms with Gasteiger partial charge in [-0.15, -0.1) is 0 Å². The molecule has 7 nitrogen and oxygen atoms in total. The minimum absolute atomic E-state index is 0.0231. The average molecular weight is 609 g/mol. The van der Waals surface area contributed by atoms with Gasteiger partial charge in [-0.05, 0) is 56.0 Å². The van der Waals surface area contributed by atoms with Crippen LogP contribution in [0.3, 0.4) is 0 Å². The molecule has 0 aliphatic carbocycles. The summed E-state index contributed by atoms with van der Waals surface area (Å²) in [6.07, 6.45) is 0.150. The average Bonchev–Trinajstić information content (AvgIpc) is 3.02. The summed E-state index contributed by atoms with van der Waals surface area (Å²) in [5.74, 6) is 0. The van der Waals surface area contributed by atoms with Gasteiger partial charge in [0.05, 0.1) is 11.4 Å². The van der Waals surface area contributed by atoms with Crippen LogP contribution in [0.4, 0.5) is 4.79 Å². The van der Waals surface area contributed by atoms with Crippen molar-refractivity contribution in [1.82, 2.24) is 19.7 Å². The van der Waals surface area contributed by atoms with E-state index in [0.717, 1.165) is 37.6 Å². The molecule has 4 aromatic rings. The highest BCUT2D eigenvalue weighted by Gasteiger charge is 2.23. The molecule has 0 radical (unpaired) electrons. The highest BCUT2D eigenvalue weighted by molar-refractivity contribution is 5.68. The zero-order chi connectivity index (χ0) is 31.9. The number of carbonyl (C=O) groups is 1. The summed E-state index contributed by atoms with van der Waals surface area (Å²) >= 11 is 0. The normalized spacial score (nSPS) is 11.6. The third-order valence-electron chi connectivity index (χ3n) is 7.31. The fourth-order valence-electron chi connectivity index (χ4n) is 5.21. The Morgan fingerprint density at radius 1 is 0.622 bits per heavy atom. The van der Waals surface area contributed by atoms with Crippen molar-refractivity contribution in [2.75, 3.05) is 26.2 Å². The zero-order valence-corrected chi connectivity index (χ0v) is 27.0. The lowest BCUT2D eigenvalue weighted by Gasteiger charge is -2.30. The van der Waals surface area contributed by atoms with Crippen LogP contribution in [0.5, 0.6) is 0 Å². The van der Waals surface area contributed by atoms with Gasteiger partial charge in [-0.2, -0.15) is 0 Å². The van der Waals surface area contributed by atoms with Gasteiger partial charge in [-0.3, -0.25) is 14.8 Å². The van der Waals surface area contributed by atoms with E-state index in [-0.39, 0.29) is 12.7 Å². The Hall–Kier alpha value is -4.04. The largest absolute Gasteiger partial charge is 0.444 e. The molecule has 0 atom stereocenters. The molecule has 1 heterocycles. The SMILES string of the molecule is CC(C)(C)OC(=O)N(CCCO)CCN(Cc1ccccc1)Cc1cccc(CN(Cc2ccccc2)Cc2ccccc2)n1. The van der Waals surface area contributed by atoms with Crippen molar-refractivity contribution in [2.45, 2.75) is 65.5 Å². The molecule has 7 heteroatoms. The Balaban J connectivity index is 1.49. The van der Waals surface area contributed by atoms with Crippen molar-refractivity contribution >= 4 is 6.09 Å². The van der Waals surface area contributed by atoms with Crippen molar-refractivity contribution in [3.8, 4) is 0 Å². The third-order valence-corrected chi connectivity index (χ3v) is 7.31. The van der Waals surface area contributed by atoms with E-state index >= 15 is 0 Å². The summed E-state index contributed by atoms with van der Waals surface area (Å²) in [4.78, 5) is 24.6. The van der Waals surface area contributed by atoms with Crippen LogP contribution in [-0.4, -0.2) is 62.7 Å². The van der Waals surface area contributed by atoms with Gasteiger partial charge in [-0.1, -0.05) is 97.1 Å². The third kappa shape index (κ3) is 12.5. The topological polar surface area (TPSA) is 69.1 Å². The second-order valence-corrected chi connectivity index (χ2v) is 12.5. The minimum Gasteiger partial charge on any atom is -0.444 e. The predicted molar refractivity (Wildman–Crippen MR) is 180 cm³/mol. The van der Waals surface area contributed by atoms with E-state index < -0.39 is 5.60 Å². The Morgan fingerprint density at radius 2 is 1.09 bits per heavy atom. The number of carbonyl (C=O) groups excluding carboxylic acids is 1. The Labute approximate surface area is 269 Å².